The lowest BCUT2D eigenvalue weighted by Crippen LogP contribution is -2.45. The molecule has 0 unspecified atom stereocenters. The summed E-state index contributed by atoms with van der Waals surface area (Å²) in [7, 11) is 0. The number of benzene rings is 1. The van der Waals surface area contributed by atoms with Crippen molar-refractivity contribution in [1.29, 1.82) is 0 Å². The zero-order valence-electron chi connectivity index (χ0n) is 11.7. The Kier molecular flexibility index (Phi) is 4.12. The van der Waals surface area contributed by atoms with Crippen LogP contribution in [0, 0.1) is 0 Å². The standard InChI is InChI=1S/C15H20F3NO/c1-11(2)19-9-7-14(20,8-10-19)12-5-3-4-6-13(12)15(16,17)18/h3-6,11,20H,7-10H2,1-2H3. The molecule has 1 fully saturated rings. The summed E-state index contributed by atoms with van der Waals surface area (Å²) in [4.78, 5) is 2.17. The van der Waals surface area contributed by atoms with E-state index in [9.17, 15) is 18.3 Å². The van der Waals surface area contributed by atoms with Gasteiger partial charge in [-0.1, -0.05) is 18.2 Å². The van der Waals surface area contributed by atoms with E-state index in [1.807, 2.05) is 13.8 Å². The summed E-state index contributed by atoms with van der Waals surface area (Å²) in [6.07, 6.45) is -3.77. The minimum Gasteiger partial charge on any atom is -0.385 e. The average Bonchev–Trinajstić information content (AvgIpc) is 2.38. The van der Waals surface area contributed by atoms with Gasteiger partial charge in [0.25, 0.3) is 0 Å². The van der Waals surface area contributed by atoms with E-state index in [2.05, 4.69) is 4.90 Å². The highest BCUT2D eigenvalue weighted by Crippen LogP contribution is 2.41. The molecule has 1 N–H and O–H groups in total. The molecule has 1 aliphatic heterocycles. The number of hydrogen-bond donors (Lipinski definition) is 1. The molecule has 1 saturated heterocycles. The molecule has 0 aromatic heterocycles. The van der Waals surface area contributed by atoms with E-state index < -0.39 is 17.3 Å². The van der Waals surface area contributed by atoms with Crippen molar-refractivity contribution >= 4 is 0 Å². The normalized spacial score (nSPS) is 20.4. The maximum Gasteiger partial charge on any atom is 0.416 e. The highest BCUT2D eigenvalue weighted by molar-refractivity contribution is 5.35. The van der Waals surface area contributed by atoms with Crippen LogP contribution >= 0.6 is 0 Å². The molecule has 0 amide bonds. The third-order valence-corrected chi connectivity index (χ3v) is 4.09. The van der Waals surface area contributed by atoms with Crippen LogP contribution in [-0.4, -0.2) is 29.1 Å². The molecule has 0 atom stereocenters. The van der Waals surface area contributed by atoms with Gasteiger partial charge in [-0.15, -0.1) is 0 Å². The molecule has 1 aromatic carbocycles. The Morgan fingerprint density at radius 1 is 1.15 bits per heavy atom. The van der Waals surface area contributed by atoms with Crippen LogP contribution in [0.25, 0.3) is 0 Å². The van der Waals surface area contributed by atoms with E-state index in [1.165, 1.54) is 12.1 Å². The number of hydrogen-bond acceptors (Lipinski definition) is 2. The van der Waals surface area contributed by atoms with Crippen molar-refractivity contribution in [1.82, 2.24) is 4.90 Å². The Bertz CT molecular complexity index is 462. The summed E-state index contributed by atoms with van der Waals surface area (Å²) in [6.45, 7) is 5.32. The largest absolute Gasteiger partial charge is 0.416 e. The van der Waals surface area contributed by atoms with Gasteiger partial charge in [0, 0.05) is 19.1 Å². The van der Waals surface area contributed by atoms with Crippen LogP contribution in [0.15, 0.2) is 24.3 Å². The van der Waals surface area contributed by atoms with Crippen LogP contribution in [0.1, 0.15) is 37.8 Å². The average molecular weight is 287 g/mol. The molecule has 0 bridgehead atoms. The Labute approximate surface area is 117 Å². The maximum absolute atomic E-state index is 13.1. The van der Waals surface area contributed by atoms with Crippen molar-refractivity contribution in [3.63, 3.8) is 0 Å². The van der Waals surface area contributed by atoms with E-state index >= 15 is 0 Å². The molecule has 112 valence electrons. The Morgan fingerprint density at radius 2 is 1.70 bits per heavy atom. The van der Waals surface area contributed by atoms with Crippen LogP contribution < -0.4 is 0 Å². The summed E-state index contributed by atoms with van der Waals surface area (Å²) < 4.78 is 39.2. The van der Waals surface area contributed by atoms with Crippen LogP contribution in [0.4, 0.5) is 13.2 Å². The molecule has 5 heteroatoms. The summed E-state index contributed by atoms with van der Waals surface area (Å²) in [5.41, 5.74) is -2.09. The molecule has 1 aromatic rings. The zero-order valence-corrected chi connectivity index (χ0v) is 11.7. The first kappa shape index (κ1) is 15.3. The Hall–Kier alpha value is -1.07. The van der Waals surface area contributed by atoms with E-state index in [-0.39, 0.29) is 5.56 Å². The van der Waals surface area contributed by atoms with Gasteiger partial charge in [-0.25, -0.2) is 0 Å². The van der Waals surface area contributed by atoms with Gasteiger partial charge in [0.05, 0.1) is 11.2 Å². The molecule has 2 nitrogen and oxygen atoms in total. The van der Waals surface area contributed by atoms with Crippen molar-refractivity contribution in [3.05, 3.63) is 35.4 Å². The van der Waals surface area contributed by atoms with Gasteiger partial charge < -0.3 is 10.0 Å². The predicted octanol–water partition coefficient (Wildman–Crippen LogP) is 3.40. The molecule has 20 heavy (non-hydrogen) atoms. The van der Waals surface area contributed by atoms with E-state index in [0.29, 0.717) is 32.0 Å². The van der Waals surface area contributed by atoms with Crippen LogP contribution in [0.5, 0.6) is 0 Å². The lowest BCUT2D eigenvalue weighted by Gasteiger charge is -2.41. The number of likely N-dealkylation sites (tertiary alicyclic amines) is 1. The van der Waals surface area contributed by atoms with Gasteiger partial charge in [0.2, 0.25) is 0 Å². The Morgan fingerprint density at radius 3 is 2.20 bits per heavy atom. The second-order valence-corrected chi connectivity index (χ2v) is 5.70. The molecule has 0 radical (unpaired) electrons. The fourth-order valence-corrected chi connectivity index (χ4v) is 2.82. The first-order valence-corrected chi connectivity index (χ1v) is 6.87. The fraction of sp³-hybridized carbons (Fsp3) is 0.600. The summed E-state index contributed by atoms with van der Waals surface area (Å²) >= 11 is 0. The van der Waals surface area contributed by atoms with Gasteiger partial charge in [-0.05, 0) is 38.3 Å². The van der Waals surface area contributed by atoms with Crippen LogP contribution in [0.2, 0.25) is 0 Å². The molecule has 0 spiro atoms. The molecule has 0 saturated carbocycles. The molecular weight excluding hydrogens is 267 g/mol. The van der Waals surface area contributed by atoms with Crippen LogP contribution in [-0.2, 0) is 11.8 Å². The summed E-state index contributed by atoms with van der Waals surface area (Å²) in [5.74, 6) is 0. The fourth-order valence-electron chi connectivity index (χ4n) is 2.82. The van der Waals surface area contributed by atoms with E-state index in [1.54, 1.807) is 6.07 Å². The topological polar surface area (TPSA) is 23.5 Å². The summed E-state index contributed by atoms with van der Waals surface area (Å²) in [5, 5.41) is 10.7. The first-order valence-electron chi connectivity index (χ1n) is 6.87. The van der Waals surface area contributed by atoms with Gasteiger partial charge in [-0.2, -0.15) is 13.2 Å². The smallest absolute Gasteiger partial charge is 0.385 e. The zero-order chi connectivity index (χ0) is 15.0. The molecule has 1 heterocycles. The number of halogens is 3. The predicted molar refractivity (Wildman–Crippen MR) is 71.3 cm³/mol. The third-order valence-electron chi connectivity index (χ3n) is 4.09. The van der Waals surface area contributed by atoms with Crippen molar-refractivity contribution in [2.75, 3.05) is 13.1 Å². The lowest BCUT2D eigenvalue weighted by atomic mass is 9.81. The number of rotatable bonds is 2. The lowest BCUT2D eigenvalue weighted by molar-refractivity contribution is -0.142. The highest BCUT2D eigenvalue weighted by atomic mass is 19.4. The molecule has 0 aliphatic carbocycles. The number of nitrogens with zero attached hydrogens (tertiary/aromatic N) is 1. The number of piperidine rings is 1. The number of aliphatic hydroxyl groups is 1. The SMILES string of the molecule is CC(C)N1CCC(O)(c2ccccc2C(F)(F)F)CC1. The molecule has 2 rings (SSSR count). The molecule has 1 aliphatic rings. The summed E-state index contributed by atoms with van der Waals surface area (Å²) in [6, 6.07) is 5.70. The minimum absolute atomic E-state index is 0.0101. The van der Waals surface area contributed by atoms with Gasteiger partial charge in [0.15, 0.2) is 0 Å². The second kappa shape index (κ2) is 5.37. The second-order valence-electron chi connectivity index (χ2n) is 5.70. The number of alkyl halides is 3. The van der Waals surface area contributed by atoms with Crippen molar-refractivity contribution in [2.45, 2.75) is 44.5 Å². The van der Waals surface area contributed by atoms with Gasteiger partial charge >= 0.3 is 6.18 Å². The van der Waals surface area contributed by atoms with Crippen molar-refractivity contribution in [3.8, 4) is 0 Å². The monoisotopic (exact) mass is 287 g/mol. The Balaban J connectivity index is 2.28. The van der Waals surface area contributed by atoms with Crippen molar-refractivity contribution < 1.29 is 18.3 Å². The van der Waals surface area contributed by atoms with Crippen molar-refractivity contribution in [2.24, 2.45) is 0 Å². The van der Waals surface area contributed by atoms with E-state index in [0.717, 1.165) is 6.07 Å². The van der Waals surface area contributed by atoms with Crippen LogP contribution in [0.3, 0.4) is 0 Å². The third kappa shape index (κ3) is 2.99. The van der Waals surface area contributed by atoms with Gasteiger partial charge in [0.1, 0.15) is 0 Å². The highest BCUT2D eigenvalue weighted by Gasteiger charge is 2.42. The first-order chi connectivity index (χ1) is 9.24. The van der Waals surface area contributed by atoms with E-state index in [4.69, 9.17) is 0 Å². The quantitative estimate of drug-likeness (QED) is 0.901. The maximum atomic E-state index is 13.1. The molecular formula is C15H20F3NO. The van der Waals surface area contributed by atoms with Gasteiger partial charge in [-0.3, -0.25) is 0 Å². The minimum atomic E-state index is -4.43.